The van der Waals surface area contributed by atoms with Crippen molar-refractivity contribution in [2.24, 2.45) is 11.8 Å². The van der Waals surface area contributed by atoms with Crippen LogP contribution < -0.4 is 5.32 Å². The molecule has 0 spiro atoms. The van der Waals surface area contributed by atoms with Gasteiger partial charge < -0.3 is 15.3 Å². The number of nitrogens with one attached hydrogen (secondary N) is 1. The molecule has 0 aromatic carbocycles. The molecule has 2 amide bonds. The van der Waals surface area contributed by atoms with Crippen molar-refractivity contribution in [3.63, 3.8) is 0 Å². The number of carbonyl (C=O) groups excluding carboxylic acids is 2. The van der Waals surface area contributed by atoms with Crippen LogP contribution in [0.3, 0.4) is 0 Å². The second kappa shape index (κ2) is 6.67. The minimum Gasteiger partial charge on any atom is -0.480 e. The quantitative estimate of drug-likeness (QED) is 0.825. The minimum atomic E-state index is -1.10. The van der Waals surface area contributed by atoms with Crippen LogP contribution in [0, 0.1) is 11.8 Å². The van der Waals surface area contributed by atoms with Crippen molar-refractivity contribution >= 4 is 17.8 Å². The normalized spacial score (nSPS) is 29.9. The van der Waals surface area contributed by atoms with Crippen molar-refractivity contribution in [2.45, 2.75) is 57.9 Å². The first-order valence-corrected chi connectivity index (χ1v) is 8.15. The highest BCUT2D eigenvalue weighted by Gasteiger charge is 2.43. The summed E-state index contributed by atoms with van der Waals surface area (Å²) < 4.78 is 0. The van der Waals surface area contributed by atoms with Gasteiger partial charge in [-0.25, -0.2) is 4.79 Å². The van der Waals surface area contributed by atoms with Crippen molar-refractivity contribution < 1.29 is 19.5 Å². The lowest BCUT2D eigenvalue weighted by molar-refractivity contribution is -0.150. The molecule has 0 aromatic heterocycles. The molecule has 0 radical (unpaired) electrons. The van der Waals surface area contributed by atoms with Crippen LogP contribution in [-0.2, 0) is 14.4 Å². The molecule has 2 aliphatic rings. The number of carboxylic acids is 1. The van der Waals surface area contributed by atoms with Gasteiger partial charge in [0.05, 0.1) is 0 Å². The summed E-state index contributed by atoms with van der Waals surface area (Å²) in [6.07, 6.45) is 3.88. The SMILES string of the molecule is CC(=O)N1CCC(C(=O)NC2(C(=O)O)CCC(C)CC2)CC1. The van der Waals surface area contributed by atoms with Gasteiger partial charge in [-0.1, -0.05) is 6.92 Å². The Hall–Kier alpha value is -1.59. The van der Waals surface area contributed by atoms with Crippen molar-refractivity contribution in [2.75, 3.05) is 13.1 Å². The van der Waals surface area contributed by atoms with E-state index in [1.807, 2.05) is 0 Å². The molecular formula is C16H26N2O4. The fourth-order valence-electron chi connectivity index (χ4n) is 3.44. The van der Waals surface area contributed by atoms with Gasteiger partial charge in [0.15, 0.2) is 0 Å². The van der Waals surface area contributed by atoms with Crippen LogP contribution >= 0.6 is 0 Å². The lowest BCUT2D eigenvalue weighted by Gasteiger charge is -2.38. The predicted molar refractivity (Wildman–Crippen MR) is 81.1 cm³/mol. The molecular weight excluding hydrogens is 284 g/mol. The molecule has 0 unspecified atom stereocenters. The third-order valence-electron chi connectivity index (χ3n) is 5.21. The number of likely N-dealkylation sites (tertiary alicyclic amines) is 1. The fourth-order valence-corrected chi connectivity index (χ4v) is 3.44. The molecule has 22 heavy (non-hydrogen) atoms. The fraction of sp³-hybridized carbons (Fsp3) is 0.812. The average molecular weight is 310 g/mol. The van der Waals surface area contributed by atoms with Gasteiger partial charge in [-0.05, 0) is 44.4 Å². The summed E-state index contributed by atoms with van der Waals surface area (Å²) >= 11 is 0. The average Bonchev–Trinajstić information content (AvgIpc) is 2.49. The molecule has 6 nitrogen and oxygen atoms in total. The standard InChI is InChI=1S/C16H26N2O4/c1-11-3-7-16(8-4-11,15(21)22)17-14(20)13-5-9-18(10-6-13)12(2)19/h11,13H,3-10H2,1-2H3,(H,17,20)(H,21,22). The largest absolute Gasteiger partial charge is 0.480 e. The number of piperidine rings is 1. The van der Waals surface area contributed by atoms with Crippen LogP contribution in [0.4, 0.5) is 0 Å². The first-order valence-electron chi connectivity index (χ1n) is 8.15. The number of hydrogen-bond acceptors (Lipinski definition) is 3. The Labute approximate surface area is 131 Å². The number of nitrogens with zero attached hydrogens (tertiary/aromatic N) is 1. The predicted octanol–water partition coefficient (Wildman–Crippen LogP) is 1.39. The van der Waals surface area contributed by atoms with E-state index in [2.05, 4.69) is 12.2 Å². The zero-order valence-electron chi connectivity index (χ0n) is 13.4. The molecule has 1 aliphatic heterocycles. The molecule has 1 saturated carbocycles. The zero-order chi connectivity index (χ0) is 16.3. The summed E-state index contributed by atoms with van der Waals surface area (Å²) in [5, 5.41) is 12.4. The number of hydrogen-bond donors (Lipinski definition) is 2. The van der Waals surface area contributed by atoms with Gasteiger partial charge >= 0.3 is 5.97 Å². The zero-order valence-corrected chi connectivity index (χ0v) is 13.4. The Morgan fingerprint density at radius 1 is 1.09 bits per heavy atom. The number of carboxylic acid groups (broad SMARTS) is 1. The van der Waals surface area contributed by atoms with Crippen LogP contribution in [0.25, 0.3) is 0 Å². The molecule has 2 fully saturated rings. The Bertz CT molecular complexity index is 447. The van der Waals surface area contributed by atoms with Crippen molar-refractivity contribution in [3.8, 4) is 0 Å². The number of rotatable bonds is 3. The van der Waals surface area contributed by atoms with E-state index < -0.39 is 11.5 Å². The number of amides is 2. The second-order valence-corrected chi connectivity index (χ2v) is 6.84. The van der Waals surface area contributed by atoms with Crippen LogP contribution in [0.5, 0.6) is 0 Å². The molecule has 1 aliphatic carbocycles. The Balaban J connectivity index is 1.95. The molecule has 0 aromatic rings. The van der Waals surface area contributed by atoms with Crippen LogP contribution in [0.15, 0.2) is 0 Å². The minimum absolute atomic E-state index is 0.0298. The van der Waals surface area contributed by atoms with Gasteiger partial charge in [-0.15, -0.1) is 0 Å². The van der Waals surface area contributed by atoms with Crippen molar-refractivity contribution in [1.29, 1.82) is 0 Å². The molecule has 6 heteroatoms. The summed E-state index contributed by atoms with van der Waals surface area (Å²) in [4.78, 5) is 37.2. The molecule has 124 valence electrons. The molecule has 2 rings (SSSR count). The molecule has 0 bridgehead atoms. The van der Waals surface area contributed by atoms with Gasteiger partial charge in [0.1, 0.15) is 5.54 Å². The van der Waals surface area contributed by atoms with Gasteiger partial charge in [-0.2, -0.15) is 0 Å². The first-order chi connectivity index (χ1) is 10.3. The van der Waals surface area contributed by atoms with Crippen molar-refractivity contribution in [1.82, 2.24) is 10.2 Å². The third-order valence-corrected chi connectivity index (χ3v) is 5.21. The van der Waals surface area contributed by atoms with Crippen LogP contribution in [-0.4, -0.2) is 46.4 Å². The monoisotopic (exact) mass is 310 g/mol. The number of aliphatic carboxylic acids is 1. The summed E-state index contributed by atoms with van der Waals surface area (Å²) in [6.45, 7) is 4.79. The number of carbonyl (C=O) groups is 3. The summed E-state index contributed by atoms with van der Waals surface area (Å²) in [5.74, 6) is -0.731. The van der Waals surface area contributed by atoms with E-state index >= 15 is 0 Å². The first kappa shape index (κ1) is 16.8. The van der Waals surface area contributed by atoms with Crippen LogP contribution in [0.2, 0.25) is 0 Å². The maximum Gasteiger partial charge on any atom is 0.329 e. The topological polar surface area (TPSA) is 86.7 Å². The molecule has 1 heterocycles. The summed E-state index contributed by atoms with van der Waals surface area (Å²) in [5.41, 5.74) is -1.10. The lowest BCUT2D eigenvalue weighted by Crippen LogP contribution is -2.58. The maximum absolute atomic E-state index is 12.5. The van der Waals surface area contributed by atoms with E-state index in [9.17, 15) is 19.5 Å². The Morgan fingerprint density at radius 2 is 1.64 bits per heavy atom. The van der Waals surface area contributed by atoms with Crippen molar-refractivity contribution in [3.05, 3.63) is 0 Å². The van der Waals surface area contributed by atoms with E-state index in [0.717, 1.165) is 12.8 Å². The van der Waals surface area contributed by atoms with E-state index in [0.29, 0.717) is 44.7 Å². The highest BCUT2D eigenvalue weighted by atomic mass is 16.4. The second-order valence-electron chi connectivity index (χ2n) is 6.84. The van der Waals surface area contributed by atoms with Gasteiger partial charge in [0.25, 0.3) is 0 Å². The lowest BCUT2D eigenvalue weighted by atomic mass is 9.76. The highest BCUT2D eigenvalue weighted by molar-refractivity contribution is 5.88. The van der Waals surface area contributed by atoms with E-state index in [-0.39, 0.29) is 17.7 Å². The van der Waals surface area contributed by atoms with E-state index in [1.165, 1.54) is 6.92 Å². The highest BCUT2D eigenvalue weighted by Crippen LogP contribution is 2.33. The molecule has 0 atom stereocenters. The summed E-state index contributed by atoms with van der Waals surface area (Å²) in [7, 11) is 0. The van der Waals surface area contributed by atoms with Gasteiger partial charge in [-0.3, -0.25) is 9.59 Å². The van der Waals surface area contributed by atoms with E-state index in [4.69, 9.17) is 0 Å². The van der Waals surface area contributed by atoms with Gasteiger partial charge in [0, 0.05) is 25.9 Å². The third kappa shape index (κ3) is 3.59. The smallest absolute Gasteiger partial charge is 0.329 e. The maximum atomic E-state index is 12.5. The molecule has 1 saturated heterocycles. The Morgan fingerprint density at radius 3 is 2.09 bits per heavy atom. The van der Waals surface area contributed by atoms with Gasteiger partial charge in [0.2, 0.25) is 11.8 Å². The van der Waals surface area contributed by atoms with Crippen LogP contribution in [0.1, 0.15) is 52.4 Å². The summed E-state index contributed by atoms with van der Waals surface area (Å²) in [6, 6.07) is 0. The molecule has 2 N–H and O–H groups in total. The Kier molecular flexibility index (Phi) is 5.08. The van der Waals surface area contributed by atoms with E-state index in [1.54, 1.807) is 4.90 Å².